The lowest BCUT2D eigenvalue weighted by Gasteiger charge is -2.41. The van der Waals surface area contributed by atoms with Crippen molar-refractivity contribution in [1.29, 1.82) is 0 Å². The molecule has 234 valence electrons. The first-order chi connectivity index (χ1) is 20.7. The minimum atomic E-state index is -1.20. The fraction of sp³-hybridized carbons (Fsp3) is 0.500. The topological polar surface area (TPSA) is 129 Å². The van der Waals surface area contributed by atoms with Gasteiger partial charge in [0.1, 0.15) is 18.0 Å². The highest BCUT2D eigenvalue weighted by Crippen LogP contribution is 2.37. The number of carbonyl (C=O) groups is 2. The molecule has 3 unspecified atom stereocenters. The van der Waals surface area contributed by atoms with Gasteiger partial charge < -0.3 is 35.0 Å². The van der Waals surface area contributed by atoms with Gasteiger partial charge in [-0.05, 0) is 89.2 Å². The van der Waals surface area contributed by atoms with Crippen molar-refractivity contribution in [1.82, 2.24) is 10.2 Å². The fourth-order valence-corrected chi connectivity index (χ4v) is 6.68. The van der Waals surface area contributed by atoms with Crippen LogP contribution in [-0.2, 0) is 22.6 Å². The highest BCUT2D eigenvalue weighted by Gasteiger charge is 2.41. The van der Waals surface area contributed by atoms with E-state index in [9.17, 15) is 29.3 Å². The summed E-state index contributed by atoms with van der Waals surface area (Å²) in [6.45, 7) is -0.162. The van der Waals surface area contributed by atoms with E-state index in [0.717, 1.165) is 31.2 Å². The Morgan fingerprint density at radius 1 is 1.14 bits per heavy atom. The van der Waals surface area contributed by atoms with Gasteiger partial charge in [-0.1, -0.05) is 25.0 Å². The Bertz CT molecular complexity index is 1300. The molecule has 1 fully saturated rings. The number of aliphatic hydroxyl groups is 3. The zero-order valence-electron chi connectivity index (χ0n) is 24.3. The van der Waals surface area contributed by atoms with Crippen molar-refractivity contribution in [3.63, 3.8) is 0 Å². The van der Waals surface area contributed by atoms with Gasteiger partial charge in [-0.3, -0.25) is 9.59 Å². The Hall–Kier alpha value is -2.74. The van der Waals surface area contributed by atoms with Crippen LogP contribution >= 0.6 is 22.6 Å². The molecule has 9 nitrogen and oxygen atoms in total. The monoisotopic (exact) mass is 710 g/mol. The van der Waals surface area contributed by atoms with E-state index >= 15 is 0 Å². The summed E-state index contributed by atoms with van der Waals surface area (Å²) in [4.78, 5) is 28.6. The third kappa shape index (κ3) is 8.68. The van der Waals surface area contributed by atoms with E-state index in [-0.39, 0.29) is 50.4 Å². The van der Waals surface area contributed by atoms with E-state index in [2.05, 4.69) is 27.9 Å². The molecule has 4 N–H and O–H groups in total. The molecule has 3 atom stereocenters. The predicted molar refractivity (Wildman–Crippen MR) is 167 cm³/mol. The summed E-state index contributed by atoms with van der Waals surface area (Å²) in [7, 11) is 1.47. The molecule has 1 saturated carbocycles. The van der Waals surface area contributed by atoms with Crippen LogP contribution in [-0.4, -0.2) is 77.1 Å². The van der Waals surface area contributed by atoms with E-state index < -0.39 is 24.2 Å². The van der Waals surface area contributed by atoms with Gasteiger partial charge in [0.05, 0.1) is 29.9 Å². The number of hydrogen-bond acceptors (Lipinski definition) is 7. The third-order valence-electron chi connectivity index (χ3n) is 8.13. The molecule has 0 saturated heterocycles. The Balaban J connectivity index is 1.68. The van der Waals surface area contributed by atoms with Crippen LogP contribution in [0.3, 0.4) is 0 Å². The molecule has 43 heavy (non-hydrogen) atoms. The van der Waals surface area contributed by atoms with Crippen molar-refractivity contribution in [2.75, 3.05) is 26.8 Å². The second-order valence-corrected chi connectivity index (χ2v) is 12.3. The van der Waals surface area contributed by atoms with Gasteiger partial charge in [0.2, 0.25) is 11.8 Å². The van der Waals surface area contributed by atoms with Crippen LogP contribution in [0.4, 0.5) is 4.39 Å². The number of ether oxygens (including phenoxy) is 2. The lowest BCUT2D eigenvalue weighted by molar-refractivity contribution is -0.139. The van der Waals surface area contributed by atoms with Gasteiger partial charge in [0.15, 0.2) is 11.5 Å². The number of amides is 2. The van der Waals surface area contributed by atoms with Crippen LogP contribution < -0.4 is 14.8 Å². The van der Waals surface area contributed by atoms with Crippen molar-refractivity contribution < 1.29 is 38.8 Å². The average molecular weight is 711 g/mol. The Kier molecular flexibility index (Phi) is 12.2. The molecule has 0 radical (unpaired) electrons. The number of nitrogens with one attached hydrogen (secondary N) is 1. The van der Waals surface area contributed by atoms with E-state index in [1.807, 2.05) is 0 Å². The SMILES string of the molecule is COc1cc(CO)cc(I)c1OC1C=C(C(=O)NCCO)CC(N(CCc2cccc(F)c2)C(=O)CC2CCCC2)C1O. The smallest absolute Gasteiger partial charge is 0.247 e. The number of hydrogen-bond donors (Lipinski definition) is 4. The summed E-state index contributed by atoms with van der Waals surface area (Å²) in [5.74, 6) is 0.0302. The first-order valence-corrected chi connectivity index (χ1v) is 15.8. The standard InChI is InChI=1S/C32H40FIN2O7/c1-42-28-15-22(19-38)14-25(34)31(28)43-27-18-23(32(41)35-10-12-37)17-26(30(27)40)36(29(39)16-20-5-2-3-6-20)11-9-21-7-4-8-24(33)13-21/h4,7-8,13-15,18,20,26-27,30,37-38,40H,2-3,5-6,9-12,16-17,19H2,1H3,(H,35,41). The summed E-state index contributed by atoms with van der Waals surface area (Å²) < 4.78 is 26.4. The van der Waals surface area contributed by atoms with Crippen molar-refractivity contribution in [3.8, 4) is 11.5 Å². The van der Waals surface area contributed by atoms with Crippen LogP contribution in [0.25, 0.3) is 0 Å². The van der Waals surface area contributed by atoms with Gasteiger partial charge in [0, 0.05) is 31.5 Å². The van der Waals surface area contributed by atoms with E-state index in [1.165, 1.54) is 19.2 Å². The van der Waals surface area contributed by atoms with Crippen molar-refractivity contribution in [2.24, 2.45) is 5.92 Å². The number of rotatable bonds is 13. The minimum Gasteiger partial charge on any atom is -0.493 e. The molecule has 11 heteroatoms. The van der Waals surface area contributed by atoms with Crippen LogP contribution in [0.2, 0.25) is 0 Å². The number of halogens is 2. The Morgan fingerprint density at radius 2 is 1.91 bits per heavy atom. The molecule has 0 aromatic heterocycles. The summed E-state index contributed by atoms with van der Waals surface area (Å²) in [5.41, 5.74) is 1.66. The average Bonchev–Trinajstić information content (AvgIpc) is 3.51. The molecule has 2 aliphatic carbocycles. The lowest BCUT2D eigenvalue weighted by atomic mass is 9.87. The van der Waals surface area contributed by atoms with Crippen LogP contribution in [0.15, 0.2) is 48.0 Å². The molecule has 2 aliphatic rings. The molecule has 0 heterocycles. The maximum absolute atomic E-state index is 13.9. The lowest BCUT2D eigenvalue weighted by Crippen LogP contribution is -2.55. The number of nitrogens with zero attached hydrogens (tertiary/aromatic N) is 1. The first kappa shape index (κ1) is 33.2. The zero-order valence-corrected chi connectivity index (χ0v) is 26.5. The molecule has 4 rings (SSSR count). The zero-order chi connectivity index (χ0) is 30.9. The van der Waals surface area contributed by atoms with E-state index in [0.29, 0.717) is 39.0 Å². The summed E-state index contributed by atoms with van der Waals surface area (Å²) in [5, 5.41) is 33.3. The second-order valence-electron chi connectivity index (χ2n) is 11.1. The Labute approximate surface area is 265 Å². The predicted octanol–water partition coefficient (Wildman–Crippen LogP) is 3.50. The van der Waals surface area contributed by atoms with Crippen molar-refractivity contribution in [2.45, 2.75) is 69.8 Å². The Morgan fingerprint density at radius 3 is 2.58 bits per heavy atom. The number of aliphatic hydroxyl groups excluding tert-OH is 3. The third-order valence-corrected chi connectivity index (χ3v) is 8.93. The second kappa shape index (κ2) is 15.8. The number of carbonyl (C=O) groups excluding carboxylic acids is 2. The van der Waals surface area contributed by atoms with Crippen LogP contribution in [0, 0.1) is 15.3 Å². The maximum Gasteiger partial charge on any atom is 0.247 e. The van der Waals surface area contributed by atoms with E-state index in [1.54, 1.807) is 35.2 Å². The van der Waals surface area contributed by atoms with E-state index in [4.69, 9.17) is 9.47 Å². The summed E-state index contributed by atoms with van der Waals surface area (Å²) in [6, 6.07) is 8.79. The molecular weight excluding hydrogens is 670 g/mol. The molecule has 2 amide bonds. The minimum absolute atomic E-state index is 0.0488. The van der Waals surface area contributed by atoms with Gasteiger partial charge in [0.25, 0.3) is 0 Å². The molecule has 0 bridgehead atoms. The van der Waals surface area contributed by atoms with Crippen molar-refractivity contribution >= 4 is 34.4 Å². The van der Waals surface area contributed by atoms with Crippen molar-refractivity contribution in [3.05, 3.63) is 68.6 Å². The van der Waals surface area contributed by atoms with Crippen LogP contribution in [0.1, 0.15) is 49.7 Å². The molecule has 2 aromatic rings. The number of methoxy groups -OCH3 is 1. The number of benzene rings is 2. The first-order valence-electron chi connectivity index (χ1n) is 14.7. The molecule has 2 aromatic carbocycles. The highest BCUT2D eigenvalue weighted by molar-refractivity contribution is 14.1. The summed E-state index contributed by atoms with van der Waals surface area (Å²) in [6.07, 6.45) is 4.21. The molecule has 0 aliphatic heterocycles. The van der Waals surface area contributed by atoms with Gasteiger partial charge in [-0.25, -0.2) is 4.39 Å². The maximum atomic E-state index is 13.9. The normalized spacial score (nSPS) is 20.4. The fourth-order valence-electron chi connectivity index (χ4n) is 5.89. The quantitative estimate of drug-likeness (QED) is 0.235. The van der Waals surface area contributed by atoms with Gasteiger partial charge in [-0.15, -0.1) is 0 Å². The largest absolute Gasteiger partial charge is 0.493 e. The molecular formula is C32H40FIN2O7. The van der Waals surface area contributed by atoms with Gasteiger partial charge >= 0.3 is 0 Å². The van der Waals surface area contributed by atoms with Crippen LogP contribution in [0.5, 0.6) is 11.5 Å². The summed E-state index contributed by atoms with van der Waals surface area (Å²) >= 11 is 2.06. The van der Waals surface area contributed by atoms with Gasteiger partial charge in [-0.2, -0.15) is 0 Å². The highest BCUT2D eigenvalue weighted by atomic mass is 127. The molecule has 0 spiro atoms.